The number of aromatic nitrogens is 3. The van der Waals surface area contributed by atoms with Gasteiger partial charge in [0.05, 0.1) is 11.9 Å². The van der Waals surface area contributed by atoms with E-state index in [9.17, 15) is 0 Å². The van der Waals surface area contributed by atoms with Crippen LogP contribution in [0.2, 0.25) is 0 Å². The highest BCUT2D eigenvalue weighted by Crippen LogP contribution is 2.41. The molecule has 0 saturated heterocycles. The monoisotopic (exact) mass is 417 g/mol. The van der Waals surface area contributed by atoms with Gasteiger partial charge in [0.1, 0.15) is 23.2 Å². The fraction of sp³-hybridized carbons (Fsp3) is 0.318. The third-order valence-electron chi connectivity index (χ3n) is 6.15. The van der Waals surface area contributed by atoms with Crippen LogP contribution in [0.25, 0.3) is 10.8 Å². The molecule has 1 atom stereocenters. The van der Waals surface area contributed by atoms with E-state index >= 15 is 0 Å². The normalized spacial score (nSPS) is 18.6. The van der Waals surface area contributed by atoms with Crippen LogP contribution >= 0.6 is 0 Å². The van der Waals surface area contributed by atoms with Crippen molar-refractivity contribution < 1.29 is 0 Å². The van der Waals surface area contributed by atoms with Crippen LogP contribution in [0, 0.1) is 0 Å². The number of rotatable bonds is 6. The lowest BCUT2D eigenvalue weighted by molar-refractivity contribution is 0.346. The topological polar surface area (TPSA) is 139 Å². The Morgan fingerprint density at radius 1 is 1.32 bits per heavy atom. The first kappa shape index (κ1) is 20.7. The second kappa shape index (κ2) is 8.27. The maximum atomic E-state index is 6.16. The van der Waals surface area contributed by atoms with Gasteiger partial charge in [-0.2, -0.15) is 5.10 Å². The first-order valence-electron chi connectivity index (χ1n) is 10.3. The Kier molecular flexibility index (Phi) is 5.51. The number of hydrogen-bond donors (Lipinski definition) is 4. The van der Waals surface area contributed by atoms with Crippen LogP contribution in [-0.2, 0) is 12.0 Å². The summed E-state index contributed by atoms with van der Waals surface area (Å²) in [6.07, 6.45) is 8.06. The summed E-state index contributed by atoms with van der Waals surface area (Å²) in [6, 6.07) is 5.95. The zero-order valence-corrected chi connectivity index (χ0v) is 18.0. The molecule has 3 heterocycles. The van der Waals surface area contributed by atoms with Crippen LogP contribution in [0.15, 0.2) is 40.7 Å². The number of nitrogens with two attached hydrogens (primary N) is 2. The van der Waals surface area contributed by atoms with Gasteiger partial charge in [-0.1, -0.05) is 6.92 Å². The van der Waals surface area contributed by atoms with Crippen molar-refractivity contribution in [2.24, 2.45) is 15.9 Å². The number of nitrogens with one attached hydrogen (secondary N) is 2. The Morgan fingerprint density at radius 3 is 2.87 bits per heavy atom. The maximum absolute atomic E-state index is 6.16. The Hall–Kier alpha value is -3.59. The second-order valence-corrected chi connectivity index (χ2v) is 7.57. The van der Waals surface area contributed by atoms with E-state index in [1.54, 1.807) is 13.2 Å². The highest BCUT2D eigenvalue weighted by Gasteiger charge is 2.37. The van der Waals surface area contributed by atoms with Crippen molar-refractivity contribution in [1.82, 2.24) is 20.3 Å². The lowest BCUT2D eigenvalue weighted by Crippen LogP contribution is -2.37. The molecule has 0 radical (unpaired) electrons. The molecular formula is C22H27N9. The van der Waals surface area contributed by atoms with Crippen molar-refractivity contribution in [1.29, 1.82) is 0 Å². The molecule has 0 saturated carbocycles. The van der Waals surface area contributed by atoms with Crippen LogP contribution in [0.4, 0.5) is 17.5 Å². The van der Waals surface area contributed by atoms with Gasteiger partial charge in [-0.3, -0.25) is 4.99 Å². The van der Waals surface area contributed by atoms with E-state index < -0.39 is 0 Å². The largest absolute Gasteiger partial charge is 0.383 e. The molecule has 0 aromatic carbocycles. The third-order valence-corrected chi connectivity index (χ3v) is 6.15. The van der Waals surface area contributed by atoms with Crippen molar-refractivity contribution in [3.63, 3.8) is 0 Å². The van der Waals surface area contributed by atoms with E-state index in [1.807, 2.05) is 25.4 Å². The molecule has 9 nitrogen and oxygen atoms in total. The van der Waals surface area contributed by atoms with Crippen molar-refractivity contribution in [2.45, 2.75) is 31.7 Å². The Bertz CT molecular complexity index is 1180. The molecule has 6 N–H and O–H groups in total. The molecule has 4 rings (SSSR count). The number of aliphatic imine (C=N–C) groups is 1. The van der Waals surface area contributed by atoms with Crippen molar-refractivity contribution >= 4 is 40.2 Å². The van der Waals surface area contributed by atoms with Crippen molar-refractivity contribution in [3.05, 3.63) is 47.4 Å². The van der Waals surface area contributed by atoms with Gasteiger partial charge in [0.2, 0.25) is 0 Å². The summed E-state index contributed by atoms with van der Waals surface area (Å²) in [6.45, 7) is 2.21. The van der Waals surface area contributed by atoms with E-state index in [4.69, 9.17) is 11.6 Å². The number of pyridine rings is 3. The summed E-state index contributed by atoms with van der Waals surface area (Å²) >= 11 is 0. The van der Waals surface area contributed by atoms with Gasteiger partial charge in [0.25, 0.3) is 0 Å². The van der Waals surface area contributed by atoms with Crippen molar-refractivity contribution in [2.75, 3.05) is 25.1 Å². The van der Waals surface area contributed by atoms with Crippen LogP contribution in [0.1, 0.15) is 36.6 Å². The minimum absolute atomic E-state index is 0.000964. The van der Waals surface area contributed by atoms with Gasteiger partial charge in [0, 0.05) is 35.9 Å². The molecule has 31 heavy (non-hydrogen) atoms. The zero-order chi connectivity index (χ0) is 22.0. The molecule has 0 bridgehead atoms. The van der Waals surface area contributed by atoms with E-state index in [0.717, 1.165) is 35.9 Å². The highest BCUT2D eigenvalue weighted by molar-refractivity contribution is 6.38. The van der Waals surface area contributed by atoms with E-state index in [-0.39, 0.29) is 5.54 Å². The van der Waals surface area contributed by atoms with Gasteiger partial charge in [-0.15, -0.1) is 0 Å². The van der Waals surface area contributed by atoms with Gasteiger partial charge >= 0.3 is 0 Å². The quantitative estimate of drug-likeness (QED) is 0.274. The third kappa shape index (κ3) is 3.57. The van der Waals surface area contributed by atoms with Crippen LogP contribution in [0.5, 0.6) is 0 Å². The predicted octanol–water partition coefficient (Wildman–Crippen LogP) is 2.48. The number of fused-ring (bicyclic) bond motifs is 2. The van der Waals surface area contributed by atoms with Crippen LogP contribution in [0.3, 0.4) is 0 Å². The smallest absolute Gasteiger partial charge is 0.135 e. The highest BCUT2D eigenvalue weighted by atomic mass is 15.1. The maximum Gasteiger partial charge on any atom is 0.135 e. The Balaban J connectivity index is 1.73. The molecule has 0 unspecified atom stereocenters. The summed E-state index contributed by atoms with van der Waals surface area (Å²) < 4.78 is 0. The van der Waals surface area contributed by atoms with E-state index in [1.165, 1.54) is 17.3 Å². The Morgan fingerprint density at radius 2 is 2.16 bits per heavy atom. The number of hydrazone groups is 1. The summed E-state index contributed by atoms with van der Waals surface area (Å²) in [5, 5.41) is 12.1. The number of hydrogen-bond acceptors (Lipinski definition) is 9. The minimum Gasteiger partial charge on any atom is -0.383 e. The molecule has 3 aromatic heterocycles. The Labute approximate surface area is 181 Å². The van der Waals surface area contributed by atoms with E-state index in [0.29, 0.717) is 23.0 Å². The average Bonchev–Trinajstić information content (AvgIpc) is 3.17. The van der Waals surface area contributed by atoms with Gasteiger partial charge in [0.15, 0.2) is 0 Å². The molecule has 0 aliphatic heterocycles. The van der Waals surface area contributed by atoms with Crippen molar-refractivity contribution in [3.8, 4) is 0 Å². The summed E-state index contributed by atoms with van der Waals surface area (Å²) in [5.41, 5.74) is 9.84. The predicted molar refractivity (Wildman–Crippen MR) is 126 cm³/mol. The number of nitrogen functional groups attached to an aromatic ring is 1. The molecule has 1 aliphatic carbocycles. The molecule has 1 aliphatic rings. The van der Waals surface area contributed by atoms with Crippen LogP contribution in [-0.4, -0.2) is 41.0 Å². The molecule has 3 aromatic rings. The first-order valence-corrected chi connectivity index (χ1v) is 10.3. The SMILES string of the molecule is CC[C@]1(NC)CCc2c1ccnc2Nc1cc2cc(C(/C=N\N)=NC)nc(N)c2cn1. The van der Waals surface area contributed by atoms with Crippen LogP contribution < -0.4 is 22.2 Å². The molecule has 0 fully saturated rings. The average molecular weight is 418 g/mol. The molecule has 0 spiro atoms. The second-order valence-electron chi connectivity index (χ2n) is 7.57. The first-order chi connectivity index (χ1) is 15.0. The molecule has 160 valence electrons. The molecule has 9 heteroatoms. The van der Waals surface area contributed by atoms with E-state index in [2.05, 4.69) is 48.7 Å². The molecule has 0 amide bonds. The minimum atomic E-state index is 0.000964. The number of nitrogens with zero attached hydrogens (tertiary/aromatic N) is 5. The summed E-state index contributed by atoms with van der Waals surface area (Å²) in [5.74, 6) is 7.18. The lowest BCUT2D eigenvalue weighted by Gasteiger charge is -2.28. The lowest BCUT2D eigenvalue weighted by atomic mass is 9.90. The number of anilines is 3. The standard InChI is InChI=1S/C22H27N9/c1-4-22(26-3)7-5-14-16(22)6-8-27-21(14)31-19-10-13-9-17(18(25-2)12-29-24)30-20(23)15(13)11-28-19/h6,8-12,26H,4-5,7,24H2,1-3H3,(H2,23,30)(H,27,28,31)/b25-18?,29-12-/t22-/m0/s1. The summed E-state index contributed by atoms with van der Waals surface area (Å²) in [7, 11) is 3.68. The summed E-state index contributed by atoms with van der Waals surface area (Å²) in [4.78, 5) is 17.7. The van der Waals surface area contributed by atoms with Gasteiger partial charge in [-0.25, -0.2) is 15.0 Å². The fourth-order valence-electron chi connectivity index (χ4n) is 4.38. The van der Waals surface area contributed by atoms with Gasteiger partial charge in [-0.05, 0) is 55.5 Å². The van der Waals surface area contributed by atoms with Gasteiger partial charge < -0.3 is 22.2 Å². The zero-order valence-electron chi connectivity index (χ0n) is 18.0. The fourth-order valence-corrected chi connectivity index (χ4v) is 4.38. The molecular weight excluding hydrogens is 390 g/mol.